The molecule has 0 radical (unpaired) electrons. The van der Waals surface area contributed by atoms with Crippen LogP contribution in [0.2, 0.25) is 0 Å². The number of benzene rings is 1. The molecule has 0 saturated heterocycles. The van der Waals surface area contributed by atoms with Crippen molar-refractivity contribution in [2.45, 2.75) is 64.6 Å². The summed E-state index contributed by atoms with van der Waals surface area (Å²) in [6.45, 7) is 2.98. The molecule has 1 heterocycles. The highest BCUT2D eigenvalue weighted by Gasteiger charge is 2.22. The third kappa shape index (κ3) is 6.38. The van der Waals surface area contributed by atoms with E-state index in [-0.39, 0.29) is 18.0 Å². The van der Waals surface area contributed by atoms with E-state index in [1.807, 2.05) is 0 Å². The van der Waals surface area contributed by atoms with Gasteiger partial charge in [0.2, 0.25) is 0 Å². The van der Waals surface area contributed by atoms with E-state index in [4.69, 9.17) is 20.6 Å². The van der Waals surface area contributed by atoms with Crippen LogP contribution in [0.15, 0.2) is 18.2 Å². The third-order valence-corrected chi connectivity index (χ3v) is 4.32. The van der Waals surface area contributed by atoms with Gasteiger partial charge in [-0.05, 0) is 36.6 Å². The second-order valence-electron chi connectivity index (χ2n) is 6.51. The number of anilines is 1. The Hall–Kier alpha value is -2.08. The maximum absolute atomic E-state index is 12.4. The number of cyclic esters (lactones) is 1. The van der Waals surface area contributed by atoms with Gasteiger partial charge in [-0.1, -0.05) is 39.0 Å². The van der Waals surface area contributed by atoms with Crippen molar-refractivity contribution in [3.05, 3.63) is 29.3 Å². The molecule has 138 valence electrons. The van der Waals surface area contributed by atoms with E-state index in [9.17, 15) is 4.79 Å². The van der Waals surface area contributed by atoms with Crippen LogP contribution in [0.4, 0.5) is 5.69 Å². The lowest BCUT2D eigenvalue weighted by atomic mass is 10.0. The van der Waals surface area contributed by atoms with Crippen LogP contribution in [0.25, 0.3) is 0 Å². The summed E-state index contributed by atoms with van der Waals surface area (Å²) >= 11 is 0. The van der Waals surface area contributed by atoms with Crippen molar-refractivity contribution in [1.29, 1.82) is 5.41 Å². The molecule has 6 nitrogen and oxygen atoms in total. The van der Waals surface area contributed by atoms with Crippen LogP contribution in [0.5, 0.6) is 0 Å². The van der Waals surface area contributed by atoms with Gasteiger partial charge in [0, 0.05) is 5.69 Å². The largest absolute Gasteiger partial charge is 0.456 e. The minimum atomic E-state index is -0.302. The number of hydrogen-bond donors (Lipinski definition) is 3. The molecule has 0 saturated carbocycles. The number of fused-ring (bicyclic) bond motifs is 1. The fourth-order valence-electron chi connectivity index (χ4n) is 2.99. The number of hydrogen-bond acceptors (Lipinski definition) is 4. The van der Waals surface area contributed by atoms with Gasteiger partial charge in [0.1, 0.15) is 6.10 Å². The molecule has 0 fully saturated rings. The molecule has 1 atom stereocenters. The lowest BCUT2D eigenvalue weighted by molar-refractivity contribution is -0.0174. The molecular weight excluding hydrogens is 318 g/mol. The van der Waals surface area contributed by atoms with Gasteiger partial charge in [-0.3, -0.25) is 5.41 Å². The van der Waals surface area contributed by atoms with Crippen LogP contribution in [0.1, 0.15) is 67.8 Å². The lowest BCUT2D eigenvalue weighted by Gasteiger charge is -2.22. The van der Waals surface area contributed by atoms with E-state index in [1.165, 1.54) is 32.1 Å². The Kier molecular flexibility index (Phi) is 7.73. The van der Waals surface area contributed by atoms with Gasteiger partial charge in [-0.2, -0.15) is 0 Å². The van der Waals surface area contributed by atoms with Gasteiger partial charge in [0.25, 0.3) is 0 Å². The summed E-state index contributed by atoms with van der Waals surface area (Å²) in [4.78, 5) is 12.4. The lowest BCUT2D eigenvalue weighted by Crippen LogP contribution is -2.27. The van der Waals surface area contributed by atoms with Gasteiger partial charge in [0.15, 0.2) is 5.96 Å². The second kappa shape index (κ2) is 10.0. The molecule has 1 unspecified atom stereocenters. The molecule has 1 aliphatic rings. The van der Waals surface area contributed by atoms with Crippen LogP contribution >= 0.6 is 0 Å². The molecule has 1 aromatic carbocycles. The van der Waals surface area contributed by atoms with Crippen molar-refractivity contribution < 1.29 is 14.3 Å². The highest BCUT2D eigenvalue weighted by Crippen LogP contribution is 2.22. The summed E-state index contributed by atoms with van der Waals surface area (Å²) in [5.74, 6) is -0.447. The van der Waals surface area contributed by atoms with Crippen LogP contribution in [-0.4, -0.2) is 24.6 Å². The van der Waals surface area contributed by atoms with Crippen molar-refractivity contribution >= 4 is 17.6 Å². The van der Waals surface area contributed by atoms with Gasteiger partial charge in [0.05, 0.1) is 18.8 Å². The summed E-state index contributed by atoms with van der Waals surface area (Å²) in [7, 11) is 0. The minimum Gasteiger partial charge on any atom is -0.456 e. The number of esters is 1. The van der Waals surface area contributed by atoms with Crippen LogP contribution in [-0.2, 0) is 16.1 Å². The molecular formula is C19H29N3O3. The number of nitrogens with two attached hydrogens (primary N) is 1. The molecule has 1 aromatic rings. The van der Waals surface area contributed by atoms with Crippen LogP contribution in [0.3, 0.4) is 0 Å². The van der Waals surface area contributed by atoms with Crippen molar-refractivity contribution in [2.24, 2.45) is 5.73 Å². The van der Waals surface area contributed by atoms with Crippen LogP contribution < -0.4 is 11.1 Å². The average molecular weight is 347 g/mol. The zero-order valence-electron chi connectivity index (χ0n) is 15.0. The van der Waals surface area contributed by atoms with E-state index in [0.29, 0.717) is 24.5 Å². The molecule has 2 rings (SSSR count). The van der Waals surface area contributed by atoms with E-state index in [1.54, 1.807) is 18.2 Å². The first-order chi connectivity index (χ1) is 12.1. The predicted molar refractivity (Wildman–Crippen MR) is 98.8 cm³/mol. The number of carbonyl (C=O) groups is 1. The molecule has 0 amide bonds. The molecule has 0 spiro atoms. The molecule has 1 aliphatic heterocycles. The molecule has 4 N–H and O–H groups in total. The Morgan fingerprint density at radius 3 is 2.80 bits per heavy atom. The molecule has 25 heavy (non-hydrogen) atoms. The van der Waals surface area contributed by atoms with Crippen molar-refractivity contribution in [1.82, 2.24) is 0 Å². The monoisotopic (exact) mass is 347 g/mol. The third-order valence-electron chi connectivity index (χ3n) is 4.32. The zero-order valence-corrected chi connectivity index (χ0v) is 15.0. The molecule has 0 aromatic heterocycles. The standard InChI is InChI=1S/C19H29N3O3/c1-2-3-4-5-6-7-8-16-13-24-12-14-11-15(22-19(20)21)9-10-17(14)18(23)25-16/h9-11,16H,2-8,12-13H2,1H3,(H4,20,21,22). The summed E-state index contributed by atoms with van der Waals surface area (Å²) in [6, 6.07) is 5.18. The second-order valence-corrected chi connectivity index (χ2v) is 6.51. The number of nitrogens with one attached hydrogen (secondary N) is 2. The Bertz CT molecular complexity index is 589. The topological polar surface area (TPSA) is 97.4 Å². The van der Waals surface area contributed by atoms with Gasteiger partial charge < -0.3 is 20.5 Å². The predicted octanol–water partition coefficient (Wildman–Crippen LogP) is 3.80. The molecule has 0 aliphatic carbocycles. The maximum Gasteiger partial charge on any atom is 0.338 e. The number of carbonyl (C=O) groups excluding carboxylic acids is 1. The summed E-state index contributed by atoms with van der Waals surface area (Å²) in [5.41, 5.74) is 7.26. The fourth-order valence-corrected chi connectivity index (χ4v) is 2.99. The summed E-state index contributed by atoms with van der Waals surface area (Å²) in [6.07, 6.45) is 7.95. The zero-order chi connectivity index (χ0) is 18.1. The van der Waals surface area contributed by atoms with Crippen molar-refractivity contribution in [3.63, 3.8) is 0 Å². The number of rotatable bonds is 8. The first-order valence-electron chi connectivity index (χ1n) is 9.13. The van der Waals surface area contributed by atoms with Crippen molar-refractivity contribution in [3.8, 4) is 0 Å². The Morgan fingerprint density at radius 1 is 1.28 bits per heavy atom. The smallest absolute Gasteiger partial charge is 0.338 e. The summed E-state index contributed by atoms with van der Waals surface area (Å²) < 4.78 is 11.3. The number of ether oxygens (including phenoxy) is 2. The molecule has 6 heteroatoms. The van der Waals surface area contributed by atoms with Crippen molar-refractivity contribution in [2.75, 3.05) is 11.9 Å². The van der Waals surface area contributed by atoms with E-state index in [0.717, 1.165) is 18.4 Å². The van der Waals surface area contributed by atoms with Gasteiger partial charge in [-0.15, -0.1) is 0 Å². The van der Waals surface area contributed by atoms with Gasteiger partial charge >= 0.3 is 5.97 Å². The Labute approximate surface area is 149 Å². The van der Waals surface area contributed by atoms with E-state index < -0.39 is 0 Å². The Balaban J connectivity index is 1.89. The number of guanidine groups is 1. The summed E-state index contributed by atoms with van der Waals surface area (Å²) in [5, 5.41) is 9.99. The quantitative estimate of drug-likeness (QED) is 0.288. The van der Waals surface area contributed by atoms with E-state index in [2.05, 4.69) is 12.2 Å². The highest BCUT2D eigenvalue weighted by molar-refractivity contribution is 5.94. The Morgan fingerprint density at radius 2 is 2.04 bits per heavy atom. The normalized spacial score (nSPS) is 17.2. The SMILES string of the molecule is CCCCCCCCC1COCc2cc(NC(=N)N)ccc2C(=O)O1. The average Bonchev–Trinajstić information content (AvgIpc) is 2.55. The van der Waals surface area contributed by atoms with E-state index >= 15 is 0 Å². The highest BCUT2D eigenvalue weighted by atomic mass is 16.6. The maximum atomic E-state index is 12.4. The van der Waals surface area contributed by atoms with Gasteiger partial charge in [-0.25, -0.2) is 4.79 Å². The molecule has 0 bridgehead atoms. The number of unbranched alkanes of at least 4 members (excludes halogenated alkanes) is 5. The fraction of sp³-hybridized carbons (Fsp3) is 0.579. The first-order valence-corrected chi connectivity index (χ1v) is 9.13. The van der Waals surface area contributed by atoms with Crippen LogP contribution in [0, 0.1) is 5.41 Å². The minimum absolute atomic E-state index is 0.145. The first kappa shape index (κ1) is 19.2.